The molecule has 0 saturated heterocycles. The smallest absolute Gasteiger partial charge is 0.123 e. The fourth-order valence-electron chi connectivity index (χ4n) is 1.96. The first-order valence-electron chi connectivity index (χ1n) is 6.15. The molecule has 0 saturated carbocycles. The van der Waals surface area contributed by atoms with E-state index in [1.165, 1.54) is 23.3 Å². The Labute approximate surface area is 108 Å². The van der Waals surface area contributed by atoms with Gasteiger partial charge in [0.2, 0.25) is 0 Å². The van der Waals surface area contributed by atoms with E-state index in [2.05, 4.69) is 44.3 Å². The highest BCUT2D eigenvalue weighted by atomic mass is 19.1. The number of benzene rings is 2. The summed E-state index contributed by atoms with van der Waals surface area (Å²) >= 11 is 0. The molecule has 1 nitrogen and oxygen atoms in total. The number of aryl methyl sites for hydroxylation is 2. The van der Waals surface area contributed by atoms with Gasteiger partial charge in [0.05, 0.1) is 0 Å². The molecule has 0 aromatic heterocycles. The quantitative estimate of drug-likeness (QED) is 0.829. The van der Waals surface area contributed by atoms with E-state index in [0.29, 0.717) is 0 Å². The fraction of sp³-hybridized carbons (Fsp3) is 0.250. The first-order valence-corrected chi connectivity index (χ1v) is 6.15. The van der Waals surface area contributed by atoms with Gasteiger partial charge in [-0.15, -0.1) is 0 Å². The monoisotopic (exact) mass is 243 g/mol. The maximum atomic E-state index is 12.9. The molecule has 0 radical (unpaired) electrons. The third kappa shape index (κ3) is 2.89. The van der Waals surface area contributed by atoms with Crippen LogP contribution in [-0.2, 0) is 0 Å². The molecule has 1 atom stereocenters. The molecule has 0 aliphatic rings. The molecule has 2 aromatic carbocycles. The number of hydrogen-bond acceptors (Lipinski definition) is 1. The molecule has 1 unspecified atom stereocenters. The van der Waals surface area contributed by atoms with Crippen LogP contribution in [0.25, 0.3) is 0 Å². The van der Waals surface area contributed by atoms with Crippen LogP contribution < -0.4 is 5.32 Å². The molecule has 2 rings (SSSR count). The van der Waals surface area contributed by atoms with Crippen LogP contribution in [0.3, 0.4) is 0 Å². The molecule has 0 heterocycles. The van der Waals surface area contributed by atoms with Gasteiger partial charge >= 0.3 is 0 Å². The number of anilines is 1. The molecule has 0 aliphatic carbocycles. The minimum atomic E-state index is -0.197. The Kier molecular flexibility index (Phi) is 3.66. The van der Waals surface area contributed by atoms with E-state index in [9.17, 15) is 4.39 Å². The van der Waals surface area contributed by atoms with E-state index in [4.69, 9.17) is 0 Å². The lowest BCUT2D eigenvalue weighted by atomic mass is 10.1. The van der Waals surface area contributed by atoms with Crippen LogP contribution in [0.4, 0.5) is 10.1 Å². The van der Waals surface area contributed by atoms with E-state index in [0.717, 1.165) is 11.3 Å². The molecule has 0 aliphatic heterocycles. The third-order valence-electron chi connectivity index (χ3n) is 3.14. The summed E-state index contributed by atoms with van der Waals surface area (Å²) in [5.74, 6) is -0.197. The van der Waals surface area contributed by atoms with Crippen molar-refractivity contribution in [2.75, 3.05) is 5.32 Å². The second kappa shape index (κ2) is 5.21. The van der Waals surface area contributed by atoms with E-state index < -0.39 is 0 Å². The molecule has 1 N–H and O–H groups in total. The van der Waals surface area contributed by atoms with Crippen LogP contribution in [0.1, 0.15) is 29.7 Å². The lowest BCUT2D eigenvalue weighted by molar-refractivity contribution is 0.626. The first-order chi connectivity index (χ1) is 8.56. The molecular weight excluding hydrogens is 225 g/mol. The standard InChI is InChI=1S/C16H18FN/c1-11-4-5-12(2)16(10-11)18-13(3)14-6-8-15(17)9-7-14/h4-10,13,18H,1-3H3. The van der Waals surface area contributed by atoms with Gasteiger partial charge in [-0.2, -0.15) is 0 Å². The van der Waals surface area contributed by atoms with Crippen LogP contribution in [0.5, 0.6) is 0 Å². The largest absolute Gasteiger partial charge is 0.378 e. The Balaban J connectivity index is 2.18. The van der Waals surface area contributed by atoms with Crippen molar-refractivity contribution >= 4 is 5.69 Å². The van der Waals surface area contributed by atoms with Crippen molar-refractivity contribution in [3.63, 3.8) is 0 Å². The summed E-state index contributed by atoms with van der Waals surface area (Å²) in [6.45, 7) is 6.24. The molecule has 94 valence electrons. The Morgan fingerprint density at radius 1 is 1.00 bits per heavy atom. The van der Waals surface area contributed by atoms with Gasteiger partial charge in [-0.3, -0.25) is 0 Å². The Hall–Kier alpha value is -1.83. The second-order valence-corrected chi connectivity index (χ2v) is 4.74. The Morgan fingerprint density at radius 3 is 2.33 bits per heavy atom. The number of rotatable bonds is 3. The summed E-state index contributed by atoms with van der Waals surface area (Å²) in [7, 11) is 0. The predicted molar refractivity (Wildman–Crippen MR) is 74.4 cm³/mol. The maximum absolute atomic E-state index is 12.9. The van der Waals surface area contributed by atoms with Gasteiger partial charge < -0.3 is 5.32 Å². The molecule has 0 amide bonds. The van der Waals surface area contributed by atoms with Crippen molar-refractivity contribution < 1.29 is 4.39 Å². The topological polar surface area (TPSA) is 12.0 Å². The van der Waals surface area contributed by atoms with E-state index in [-0.39, 0.29) is 11.9 Å². The van der Waals surface area contributed by atoms with Gasteiger partial charge in [0, 0.05) is 11.7 Å². The summed E-state index contributed by atoms with van der Waals surface area (Å²) in [5.41, 5.74) is 4.66. The van der Waals surface area contributed by atoms with Crippen LogP contribution >= 0.6 is 0 Å². The number of nitrogens with one attached hydrogen (secondary N) is 1. The molecule has 0 fully saturated rings. The minimum Gasteiger partial charge on any atom is -0.378 e. The van der Waals surface area contributed by atoms with E-state index in [1.54, 1.807) is 0 Å². The van der Waals surface area contributed by atoms with Gasteiger partial charge in [-0.05, 0) is 55.7 Å². The summed E-state index contributed by atoms with van der Waals surface area (Å²) in [6.07, 6.45) is 0. The zero-order chi connectivity index (χ0) is 13.1. The summed E-state index contributed by atoms with van der Waals surface area (Å²) in [4.78, 5) is 0. The van der Waals surface area contributed by atoms with Gasteiger partial charge in [0.15, 0.2) is 0 Å². The average Bonchev–Trinajstić information content (AvgIpc) is 2.34. The van der Waals surface area contributed by atoms with Gasteiger partial charge in [-0.1, -0.05) is 24.3 Å². The lowest BCUT2D eigenvalue weighted by Gasteiger charge is -2.18. The average molecular weight is 243 g/mol. The summed E-state index contributed by atoms with van der Waals surface area (Å²) < 4.78 is 12.9. The van der Waals surface area contributed by atoms with Gasteiger partial charge in [0.1, 0.15) is 5.82 Å². The van der Waals surface area contributed by atoms with Gasteiger partial charge in [-0.25, -0.2) is 4.39 Å². The SMILES string of the molecule is Cc1ccc(C)c(NC(C)c2ccc(F)cc2)c1. The normalized spacial score (nSPS) is 12.2. The van der Waals surface area contributed by atoms with Crippen LogP contribution in [0.15, 0.2) is 42.5 Å². The van der Waals surface area contributed by atoms with Crippen molar-refractivity contribution in [3.05, 3.63) is 65.0 Å². The predicted octanol–water partition coefficient (Wildman–Crippen LogP) is 4.62. The Bertz CT molecular complexity index is 531. The molecule has 0 spiro atoms. The highest BCUT2D eigenvalue weighted by Gasteiger charge is 2.07. The van der Waals surface area contributed by atoms with Crippen LogP contribution in [0, 0.1) is 19.7 Å². The molecule has 18 heavy (non-hydrogen) atoms. The second-order valence-electron chi connectivity index (χ2n) is 4.74. The molecule has 2 heteroatoms. The first kappa shape index (κ1) is 12.6. The van der Waals surface area contributed by atoms with E-state index >= 15 is 0 Å². The fourth-order valence-corrected chi connectivity index (χ4v) is 1.96. The van der Waals surface area contributed by atoms with Crippen molar-refractivity contribution in [1.29, 1.82) is 0 Å². The van der Waals surface area contributed by atoms with Crippen molar-refractivity contribution in [1.82, 2.24) is 0 Å². The minimum absolute atomic E-state index is 0.158. The third-order valence-corrected chi connectivity index (χ3v) is 3.14. The van der Waals surface area contributed by atoms with Crippen molar-refractivity contribution in [2.45, 2.75) is 26.8 Å². The van der Waals surface area contributed by atoms with Crippen LogP contribution in [0.2, 0.25) is 0 Å². The maximum Gasteiger partial charge on any atom is 0.123 e. The number of hydrogen-bond donors (Lipinski definition) is 1. The van der Waals surface area contributed by atoms with E-state index in [1.807, 2.05) is 12.1 Å². The van der Waals surface area contributed by atoms with Crippen LogP contribution in [-0.4, -0.2) is 0 Å². The van der Waals surface area contributed by atoms with Crippen molar-refractivity contribution in [2.24, 2.45) is 0 Å². The highest BCUT2D eigenvalue weighted by Crippen LogP contribution is 2.23. The molecular formula is C16H18FN. The molecule has 0 bridgehead atoms. The summed E-state index contributed by atoms with van der Waals surface area (Å²) in [6, 6.07) is 13.1. The zero-order valence-electron chi connectivity index (χ0n) is 11.0. The summed E-state index contributed by atoms with van der Waals surface area (Å²) in [5, 5.41) is 3.46. The van der Waals surface area contributed by atoms with Gasteiger partial charge in [0.25, 0.3) is 0 Å². The Morgan fingerprint density at radius 2 is 1.67 bits per heavy atom. The lowest BCUT2D eigenvalue weighted by Crippen LogP contribution is -2.07. The zero-order valence-corrected chi connectivity index (χ0v) is 11.0. The van der Waals surface area contributed by atoms with Crippen molar-refractivity contribution in [3.8, 4) is 0 Å². The highest BCUT2D eigenvalue weighted by molar-refractivity contribution is 5.53. The molecule has 2 aromatic rings. The number of halogens is 1.